The number of thioether (sulfide) groups is 1. The lowest BCUT2D eigenvalue weighted by Gasteiger charge is -2.14. The van der Waals surface area contributed by atoms with E-state index in [-0.39, 0.29) is 0 Å². The van der Waals surface area contributed by atoms with Gasteiger partial charge >= 0.3 is 0 Å². The number of halogens is 2. The van der Waals surface area contributed by atoms with Crippen LogP contribution >= 0.6 is 11.8 Å². The Morgan fingerprint density at radius 2 is 2.29 bits per heavy atom. The highest BCUT2D eigenvalue weighted by Gasteiger charge is 2.15. The Kier molecular flexibility index (Phi) is 8.15. The molecule has 7 heteroatoms. The van der Waals surface area contributed by atoms with Crippen LogP contribution in [-0.4, -0.2) is 43.1 Å². The first kappa shape index (κ1) is 18.8. The van der Waals surface area contributed by atoms with Gasteiger partial charge in [-0.3, -0.25) is 0 Å². The summed E-state index contributed by atoms with van der Waals surface area (Å²) in [6.07, 6.45) is 0.0705. The van der Waals surface area contributed by atoms with Crippen LogP contribution in [0.3, 0.4) is 0 Å². The number of benzene rings is 1. The second-order valence-corrected chi connectivity index (χ2v) is 6.97. The molecule has 0 aliphatic carbocycles. The summed E-state index contributed by atoms with van der Waals surface area (Å²) in [7, 11) is 0. The molecule has 2 N–H and O–H groups in total. The van der Waals surface area contributed by atoms with Gasteiger partial charge in [0.2, 0.25) is 0 Å². The number of rotatable bonds is 8. The molecule has 1 unspecified atom stereocenters. The maximum absolute atomic E-state index is 12.2. The van der Waals surface area contributed by atoms with E-state index in [4.69, 9.17) is 4.74 Å². The highest BCUT2D eigenvalue weighted by atomic mass is 32.2. The maximum Gasteiger partial charge on any atom is 0.272 e. The number of hydrogen-bond donors (Lipinski definition) is 2. The van der Waals surface area contributed by atoms with Crippen LogP contribution in [0.2, 0.25) is 0 Å². The van der Waals surface area contributed by atoms with Crippen LogP contribution in [0.15, 0.2) is 29.3 Å². The number of alkyl halides is 2. The van der Waals surface area contributed by atoms with E-state index in [1.54, 1.807) is 18.2 Å². The predicted octanol–water partition coefficient (Wildman–Crippen LogP) is 3.28. The Morgan fingerprint density at radius 1 is 1.42 bits per heavy atom. The molecule has 1 aromatic carbocycles. The molecule has 1 saturated heterocycles. The average Bonchev–Trinajstić information content (AvgIpc) is 3.09. The first-order valence-electron chi connectivity index (χ1n) is 8.31. The zero-order valence-electron chi connectivity index (χ0n) is 13.9. The summed E-state index contributed by atoms with van der Waals surface area (Å²) < 4.78 is 29.5. The smallest absolute Gasteiger partial charge is 0.272 e. The fourth-order valence-electron chi connectivity index (χ4n) is 2.42. The third kappa shape index (κ3) is 6.95. The second kappa shape index (κ2) is 10.4. The summed E-state index contributed by atoms with van der Waals surface area (Å²) in [5.74, 6) is 2.47. The van der Waals surface area contributed by atoms with Gasteiger partial charge in [-0.1, -0.05) is 12.1 Å². The van der Waals surface area contributed by atoms with Crippen molar-refractivity contribution in [2.75, 3.05) is 25.4 Å². The average molecular weight is 357 g/mol. The number of hydrogen-bond acceptors (Lipinski definition) is 3. The van der Waals surface area contributed by atoms with Crippen LogP contribution in [0.5, 0.6) is 5.75 Å². The van der Waals surface area contributed by atoms with Crippen molar-refractivity contribution in [3.8, 4) is 5.75 Å². The monoisotopic (exact) mass is 357 g/mol. The summed E-state index contributed by atoms with van der Waals surface area (Å²) in [6, 6.07) is 7.13. The van der Waals surface area contributed by atoms with Gasteiger partial charge in [0.05, 0.1) is 6.54 Å². The van der Waals surface area contributed by atoms with E-state index < -0.39 is 13.0 Å². The number of nitrogens with one attached hydrogen (secondary N) is 2. The third-order valence-electron chi connectivity index (χ3n) is 3.56. The highest BCUT2D eigenvalue weighted by Crippen LogP contribution is 2.25. The molecular formula is C17H25F2N3OS. The molecule has 0 aromatic heterocycles. The van der Waals surface area contributed by atoms with Gasteiger partial charge in [-0.05, 0) is 43.2 Å². The zero-order valence-corrected chi connectivity index (χ0v) is 14.7. The molecular weight excluding hydrogens is 332 g/mol. The van der Waals surface area contributed by atoms with Crippen LogP contribution in [0.1, 0.15) is 25.3 Å². The number of ether oxygens (including phenoxy) is 1. The Bertz CT molecular complexity index is 522. The fraction of sp³-hybridized carbons (Fsp3) is 0.588. The molecule has 134 valence electrons. The Morgan fingerprint density at radius 3 is 3.00 bits per heavy atom. The topological polar surface area (TPSA) is 45.7 Å². The molecule has 1 aliphatic rings. The number of guanidine groups is 1. The molecule has 0 spiro atoms. The van der Waals surface area contributed by atoms with Gasteiger partial charge in [0.15, 0.2) is 5.96 Å². The summed E-state index contributed by atoms with van der Waals surface area (Å²) in [6.45, 7) is 3.62. The summed E-state index contributed by atoms with van der Waals surface area (Å²) in [5, 5.41) is 7.26. The SMILES string of the molecule is CCNC(=NCc1cccc(OCC(F)F)c1)NCC1CCCS1. The van der Waals surface area contributed by atoms with Crippen LogP contribution in [-0.2, 0) is 6.54 Å². The molecule has 0 amide bonds. The highest BCUT2D eigenvalue weighted by molar-refractivity contribution is 8.00. The minimum Gasteiger partial charge on any atom is -0.488 e. The quantitative estimate of drug-likeness (QED) is 0.554. The van der Waals surface area contributed by atoms with Crippen molar-refractivity contribution in [2.24, 2.45) is 4.99 Å². The molecule has 24 heavy (non-hydrogen) atoms. The van der Waals surface area contributed by atoms with Gasteiger partial charge in [0.1, 0.15) is 12.4 Å². The van der Waals surface area contributed by atoms with Crippen molar-refractivity contribution in [3.05, 3.63) is 29.8 Å². The minimum absolute atomic E-state index is 0.448. The van der Waals surface area contributed by atoms with Crippen molar-refractivity contribution in [1.82, 2.24) is 10.6 Å². The summed E-state index contributed by atoms with van der Waals surface area (Å²) in [4.78, 5) is 4.56. The fourth-order valence-corrected chi connectivity index (χ4v) is 3.62. The van der Waals surface area contributed by atoms with Gasteiger partial charge in [-0.15, -0.1) is 0 Å². The van der Waals surface area contributed by atoms with E-state index in [1.807, 2.05) is 24.8 Å². The first-order chi connectivity index (χ1) is 11.7. The zero-order chi connectivity index (χ0) is 17.2. The number of nitrogens with zero attached hydrogens (tertiary/aromatic N) is 1. The molecule has 1 aliphatic heterocycles. The van der Waals surface area contributed by atoms with Crippen LogP contribution in [0.25, 0.3) is 0 Å². The largest absolute Gasteiger partial charge is 0.488 e. The van der Waals surface area contributed by atoms with Crippen molar-refractivity contribution < 1.29 is 13.5 Å². The van der Waals surface area contributed by atoms with E-state index >= 15 is 0 Å². The maximum atomic E-state index is 12.2. The number of aliphatic imine (C=N–C) groups is 1. The van der Waals surface area contributed by atoms with Crippen molar-refractivity contribution in [2.45, 2.75) is 38.0 Å². The molecule has 4 nitrogen and oxygen atoms in total. The Balaban J connectivity index is 1.88. The van der Waals surface area contributed by atoms with Crippen LogP contribution in [0.4, 0.5) is 8.78 Å². The molecule has 0 radical (unpaired) electrons. The van der Waals surface area contributed by atoms with E-state index in [9.17, 15) is 8.78 Å². The third-order valence-corrected chi connectivity index (χ3v) is 4.96. The standard InChI is InChI=1S/C17H25F2N3OS/c1-2-20-17(22-11-15-7-4-8-24-15)21-10-13-5-3-6-14(9-13)23-12-16(18)19/h3,5-6,9,15-16H,2,4,7-8,10-12H2,1H3,(H2,20,21,22). The molecule has 1 aromatic rings. The summed E-state index contributed by atoms with van der Waals surface area (Å²) in [5.41, 5.74) is 0.925. The molecule has 0 bridgehead atoms. The molecule has 0 saturated carbocycles. The van der Waals surface area contributed by atoms with Gasteiger partial charge in [-0.2, -0.15) is 11.8 Å². The second-order valence-electron chi connectivity index (χ2n) is 5.56. The molecule has 1 atom stereocenters. The minimum atomic E-state index is -2.47. The Labute approximate surface area is 146 Å². The molecule has 1 heterocycles. The van der Waals surface area contributed by atoms with Crippen molar-refractivity contribution in [1.29, 1.82) is 0 Å². The van der Waals surface area contributed by atoms with E-state index in [0.29, 0.717) is 17.5 Å². The normalized spacial score (nSPS) is 18.0. The lowest BCUT2D eigenvalue weighted by atomic mass is 10.2. The predicted molar refractivity (Wildman–Crippen MR) is 96.2 cm³/mol. The van der Waals surface area contributed by atoms with Crippen molar-refractivity contribution in [3.63, 3.8) is 0 Å². The lowest BCUT2D eigenvalue weighted by molar-refractivity contribution is 0.0818. The lowest BCUT2D eigenvalue weighted by Crippen LogP contribution is -2.40. The van der Waals surface area contributed by atoms with Gasteiger partial charge < -0.3 is 15.4 Å². The van der Waals surface area contributed by atoms with Gasteiger partial charge in [0, 0.05) is 18.3 Å². The first-order valence-corrected chi connectivity index (χ1v) is 9.36. The van der Waals surface area contributed by atoms with Crippen molar-refractivity contribution >= 4 is 17.7 Å². The molecule has 1 fully saturated rings. The van der Waals surface area contributed by atoms with Crippen LogP contribution in [0, 0.1) is 0 Å². The van der Waals surface area contributed by atoms with E-state index in [1.165, 1.54) is 18.6 Å². The summed E-state index contributed by atoms with van der Waals surface area (Å²) >= 11 is 2.00. The van der Waals surface area contributed by atoms with E-state index in [2.05, 4.69) is 15.6 Å². The molecule has 2 rings (SSSR count). The van der Waals surface area contributed by atoms with Gasteiger partial charge in [0.25, 0.3) is 6.43 Å². The van der Waals surface area contributed by atoms with Gasteiger partial charge in [-0.25, -0.2) is 13.8 Å². The van der Waals surface area contributed by atoms with Crippen LogP contribution < -0.4 is 15.4 Å². The van der Waals surface area contributed by atoms with E-state index in [0.717, 1.165) is 24.6 Å². The Hall–Kier alpha value is -1.50.